The molecule has 40 nitrogen and oxygen atoms in total. The molecule has 60 heavy (non-hydrogen) atoms. The van der Waals surface area contributed by atoms with Crippen molar-refractivity contribution in [3.05, 3.63) is 0 Å². The maximum Gasteiger partial charge on any atom is 3.00 e. The average Bonchev–Trinajstić information content (AvgIpc) is 2.34. The average molecular weight is 1330 g/mol. The quantitative estimate of drug-likeness (QED) is 0.160. The predicted octanol–water partition coefficient (Wildman–Crippen LogP) is -31.7. The molecule has 0 spiro atoms. The van der Waals surface area contributed by atoms with E-state index < -0.39 is 78.2 Å². The van der Waals surface area contributed by atoms with Crippen molar-refractivity contribution in [1.82, 2.24) is 0 Å². The van der Waals surface area contributed by atoms with Gasteiger partial charge in [-0.3, -0.25) is 0 Å². The first-order valence-corrected chi connectivity index (χ1v) is 21.9. The molecule has 0 fully saturated rings. The van der Waals surface area contributed by atoms with Gasteiger partial charge in [-0.1, -0.05) is 0 Å². The molecule has 0 amide bonds. The summed E-state index contributed by atoms with van der Waals surface area (Å²) in [7, 11) is -53.9. The minimum absolute atomic E-state index is 0. The minimum Gasteiger partial charge on any atom is -0.822 e. The molecule has 0 aromatic rings. The molecular formula is Al9CeO40P10. The number of hydrogen-bond donors (Lipinski definition) is 0. The van der Waals surface area contributed by atoms with Crippen LogP contribution in [0.3, 0.4) is 0 Å². The summed E-state index contributed by atoms with van der Waals surface area (Å²) in [5, 5.41) is 0. The molecule has 0 rings (SSSR count). The van der Waals surface area contributed by atoms with Crippen molar-refractivity contribution in [2.75, 3.05) is 0 Å². The Morgan fingerprint density at radius 1 is 0.133 bits per heavy atom. The van der Waals surface area contributed by atoms with Crippen LogP contribution < -0.4 is 147 Å². The normalized spacial score (nSPS) is 9.83. The zero-order valence-corrected chi connectivity index (χ0v) is 49.0. The van der Waals surface area contributed by atoms with Crippen LogP contribution >= 0.6 is 78.2 Å². The Morgan fingerprint density at radius 2 is 0.133 bits per heavy atom. The van der Waals surface area contributed by atoms with Crippen molar-refractivity contribution in [2.45, 2.75) is 0 Å². The molecule has 0 saturated carbocycles. The van der Waals surface area contributed by atoms with Gasteiger partial charge in [-0.15, -0.1) is 0 Å². The van der Waals surface area contributed by atoms with Gasteiger partial charge in [0, 0.05) is 0 Å². The monoisotopic (exact) mass is 1330 g/mol. The van der Waals surface area contributed by atoms with E-state index in [0.717, 1.165) is 0 Å². The Labute approximate surface area is 462 Å². The summed E-state index contributed by atoms with van der Waals surface area (Å²) in [6, 6.07) is 0. The van der Waals surface area contributed by atoms with E-state index >= 15 is 0 Å². The van der Waals surface area contributed by atoms with Gasteiger partial charge in [0.15, 0.2) is 0 Å². The Hall–Kier alpha value is 7.27. The molecule has 0 N–H and O–H groups in total. The fourth-order valence-electron chi connectivity index (χ4n) is 0. The van der Waals surface area contributed by atoms with Gasteiger partial charge < -0.3 is 192 Å². The molecule has 321 valence electrons. The molecule has 60 heteroatoms. The van der Waals surface area contributed by atoms with Crippen molar-refractivity contribution in [2.24, 2.45) is 0 Å². The summed E-state index contributed by atoms with van der Waals surface area (Å²) < 4.78 is 85.5. The topological polar surface area (TPSA) is 862 Å². The molecule has 0 saturated heterocycles. The molecule has 0 aromatic carbocycles. The van der Waals surface area contributed by atoms with Gasteiger partial charge in [-0.05, 0) is 0 Å². The first-order chi connectivity index (χ1) is 20.0. The van der Waals surface area contributed by atoms with Gasteiger partial charge in [0.1, 0.15) is 0 Å². The fourth-order valence-corrected chi connectivity index (χ4v) is 0. The summed E-state index contributed by atoms with van der Waals surface area (Å²) >= 11 is 0. The number of rotatable bonds is 0. The van der Waals surface area contributed by atoms with Gasteiger partial charge in [0.2, 0.25) is 0 Å². The van der Waals surface area contributed by atoms with Gasteiger partial charge >= 0.3 is 198 Å². The maximum absolute atomic E-state index is 8.55. The van der Waals surface area contributed by atoms with Crippen molar-refractivity contribution in [3.63, 3.8) is 0 Å². The SMILES string of the molecule is O=P([O-])([O-])[O-].O=P([O-])([O-])[O-].O=P([O-])([O-])[O-].O=P([O-])([O-])[O-].O=P([O-])([O-])[O-].O=P([O-])([O-])[O-].O=P([O-])([O-])[O-].O=P([O-])([O-])[O-].O=P([O-])([O-])[O-].O=P([O-])([O-])[O-].[Al+3].[Al+3].[Al+3].[Al+3].[Al+3].[Al+3].[Al+3].[Al+3].[Al+3].[Ce+3]. The van der Waals surface area contributed by atoms with E-state index in [1.54, 1.807) is 0 Å². The second-order valence-corrected chi connectivity index (χ2v) is 13.4. The van der Waals surface area contributed by atoms with E-state index in [2.05, 4.69) is 0 Å². The van der Waals surface area contributed by atoms with Gasteiger partial charge in [0.25, 0.3) is 0 Å². The van der Waals surface area contributed by atoms with Crippen LogP contribution in [0.1, 0.15) is 0 Å². The van der Waals surface area contributed by atoms with Crippen LogP contribution in [-0.2, 0) is 45.7 Å². The third-order valence-corrected chi connectivity index (χ3v) is 0. The summed E-state index contributed by atoms with van der Waals surface area (Å²) in [6.07, 6.45) is 0. The van der Waals surface area contributed by atoms with E-state index in [9.17, 15) is 0 Å². The third kappa shape index (κ3) is 5100. The molecule has 0 unspecified atom stereocenters. The largest absolute Gasteiger partial charge is 3.00 e. The van der Waals surface area contributed by atoms with E-state index in [-0.39, 0.29) is 198 Å². The predicted molar refractivity (Wildman–Crippen MR) is 128 cm³/mol. The summed E-state index contributed by atoms with van der Waals surface area (Å²) in [5.74, 6) is 0. The van der Waals surface area contributed by atoms with Crippen LogP contribution in [0, 0.1) is 41.7 Å². The number of hydrogen-bond acceptors (Lipinski definition) is 40. The van der Waals surface area contributed by atoms with E-state index in [4.69, 9.17) is 192 Å². The van der Waals surface area contributed by atoms with E-state index in [0.29, 0.717) is 0 Å². The number of phosphoric acid groups is 10. The van der Waals surface area contributed by atoms with Crippen LogP contribution in [-0.4, -0.2) is 156 Å². The molecule has 0 aromatic heterocycles. The summed E-state index contributed by atoms with van der Waals surface area (Å²) in [4.78, 5) is 256. The Balaban J connectivity index is -0.0000000162. The molecular weight excluding hydrogens is 1330 g/mol. The van der Waals surface area contributed by atoms with E-state index in [1.165, 1.54) is 0 Å². The molecule has 1 radical (unpaired) electrons. The van der Waals surface area contributed by atoms with Crippen LogP contribution in [0.25, 0.3) is 0 Å². The van der Waals surface area contributed by atoms with Crippen molar-refractivity contribution in [3.8, 4) is 0 Å². The molecule has 0 aliphatic heterocycles. The van der Waals surface area contributed by atoms with Gasteiger partial charge in [0.05, 0.1) is 0 Å². The Kier molecular flexibility index (Phi) is 137. The molecule has 0 atom stereocenters. The maximum atomic E-state index is 8.55. The first kappa shape index (κ1) is 132. The Bertz CT molecular complexity index is 874. The molecule has 0 aliphatic rings. The molecule has 0 heterocycles. The minimum atomic E-state index is -5.39. The summed E-state index contributed by atoms with van der Waals surface area (Å²) in [6.45, 7) is 0. The Morgan fingerprint density at radius 3 is 0.133 bits per heavy atom. The zero-order valence-electron chi connectivity index (χ0n) is 26.5. The van der Waals surface area contributed by atoms with E-state index in [1.807, 2.05) is 0 Å². The second-order valence-electron chi connectivity index (χ2n) is 4.47. The second kappa shape index (κ2) is 62.4. The van der Waals surface area contributed by atoms with Gasteiger partial charge in [-0.25, -0.2) is 0 Å². The van der Waals surface area contributed by atoms with Crippen molar-refractivity contribution < 1.29 is 234 Å². The molecule has 0 aliphatic carbocycles. The van der Waals surface area contributed by atoms with Gasteiger partial charge in [-0.2, -0.15) is 78.2 Å². The summed E-state index contributed by atoms with van der Waals surface area (Å²) in [5.41, 5.74) is 0. The first-order valence-electron chi connectivity index (χ1n) is 7.30. The molecule has 0 bridgehead atoms. The van der Waals surface area contributed by atoms with Crippen LogP contribution in [0.15, 0.2) is 0 Å². The van der Waals surface area contributed by atoms with Crippen LogP contribution in [0.4, 0.5) is 0 Å². The van der Waals surface area contributed by atoms with Crippen LogP contribution in [0.2, 0.25) is 0 Å². The fraction of sp³-hybridized carbons (Fsp3) is 0. The smallest absolute Gasteiger partial charge is 0.822 e. The van der Waals surface area contributed by atoms with Crippen molar-refractivity contribution in [1.29, 1.82) is 0 Å². The standard InChI is InChI=1S/9Al.Ce.10H3O4P/c;;;;;;;;;;10*1-5(2,3)4/h;;;;;;;;;;10*(H3,1,2,3,4)/q10*+3;;;;;;;;;;/p-30. The zero-order chi connectivity index (χ0) is 45.0. The van der Waals surface area contributed by atoms with Crippen molar-refractivity contribution >= 4 is 234 Å². The van der Waals surface area contributed by atoms with Crippen LogP contribution in [0.5, 0.6) is 0 Å². The third-order valence-electron chi connectivity index (χ3n) is 0.